The van der Waals surface area contributed by atoms with Crippen LogP contribution in [0.4, 0.5) is 0 Å². The standard InChI is InChI=1S/C20H27N5O/c1-2-22-20(25-11-5-6-15(14-25)12-18(21)26)24-13-17-8-3-7-16-9-4-10-23-19(16)17/h3-4,7-10,15H,2,5-6,11-14H2,1H3,(H2,21,26)(H,22,24). The molecule has 0 aliphatic carbocycles. The van der Waals surface area contributed by atoms with Crippen LogP contribution in [0.5, 0.6) is 0 Å². The second-order valence-electron chi connectivity index (χ2n) is 6.79. The highest BCUT2D eigenvalue weighted by Gasteiger charge is 2.23. The number of para-hydroxylation sites is 1. The number of aliphatic imine (C=N–C) groups is 1. The van der Waals surface area contributed by atoms with Crippen molar-refractivity contribution in [2.45, 2.75) is 32.7 Å². The van der Waals surface area contributed by atoms with E-state index in [9.17, 15) is 4.79 Å². The summed E-state index contributed by atoms with van der Waals surface area (Å²) in [6.07, 6.45) is 4.37. The minimum atomic E-state index is -0.222. The fourth-order valence-electron chi connectivity index (χ4n) is 3.59. The fraction of sp³-hybridized carbons (Fsp3) is 0.450. The van der Waals surface area contributed by atoms with E-state index in [1.54, 1.807) is 0 Å². The van der Waals surface area contributed by atoms with Crippen molar-refractivity contribution in [3.05, 3.63) is 42.1 Å². The maximum atomic E-state index is 11.3. The number of nitrogens with one attached hydrogen (secondary N) is 1. The Bertz CT molecular complexity index is 783. The number of aromatic nitrogens is 1. The first-order valence-corrected chi connectivity index (χ1v) is 9.31. The molecule has 1 saturated heterocycles. The van der Waals surface area contributed by atoms with Gasteiger partial charge in [-0.05, 0) is 37.3 Å². The smallest absolute Gasteiger partial charge is 0.217 e. The molecule has 2 heterocycles. The van der Waals surface area contributed by atoms with Gasteiger partial charge in [-0.3, -0.25) is 9.78 Å². The molecule has 1 unspecified atom stereocenters. The van der Waals surface area contributed by atoms with Gasteiger partial charge in [-0.25, -0.2) is 4.99 Å². The van der Waals surface area contributed by atoms with E-state index >= 15 is 0 Å². The number of carbonyl (C=O) groups excluding carboxylic acids is 1. The van der Waals surface area contributed by atoms with Crippen molar-refractivity contribution in [3.8, 4) is 0 Å². The molecule has 0 radical (unpaired) electrons. The Kier molecular flexibility index (Phi) is 6.04. The minimum absolute atomic E-state index is 0.222. The molecule has 26 heavy (non-hydrogen) atoms. The van der Waals surface area contributed by atoms with E-state index in [2.05, 4.69) is 40.3 Å². The van der Waals surface area contributed by atoms with Gasteiger partial charge >= 0.3 is 0 Å². The van der Waals surface area contributed by atoms with Crippen molar-refractivity contribution in [1.82, 2.24) is 15.2 Å². The molecule has 3 rings (SSSR count). The number of rotatable bonds is 5. The van der Waals surface area contributed by atoms with E-state index in [0.29, 0.717) is 18.9 Å². The quantitative estimate of drug-likeness (QED) is 0.638. The predicted octanol–water partition coefficient (Wildman–Crippen LogP) is 2.29. The molecule has 2 aromatic rings. The van der Waals surface area contributed by atoms with Gasteiger partial charge in [0, 0.05) is 37.6 Å². The number of benzene rings is 1. The van der Waals surface area contributed by atoms with E-state index in [1.165, 1.54) is 0 Å². The lowest BCUT2D eigenvalue weighted by Gasteiger charge is -2.34. The molecular weight excluding hydrogens is 326 g/mol. The van der Waals surface area contributed by atoms with Crippen LogP contribution < -0.4 is 11.1 Å². The van der Waals surface area contributed by atoms with E-state index < -0.39 is 0 Å². The third-order valence-electron chi connectivity index (χ3n) is 4.76. The van der Waals surface area contributed by atoms with Crippen molar-refractivity contribution in [1.29, 1.82) is 0 Å². The zero-order valence-corrected chi connectivity index (χ0v) is 15.3. The lowest BCUT2D eigenvalue weighted by Crippen LogP contribution is -2.47. The van der Waals surface area contributed by atoms with Crippen LogP contribution in [0.3, 0.4) is 0 Å². The number of hydrogen-bond donors (Lipinski definition) is 2. The molecule has 0 bridgehead atoms. The molecule has 3 N–H and O–H groups in total. The number of likely N-dealkylation sites (tertiary alicyclic amines) is 1. The zero-order chi connectivity index (χ0) is 18.4. The van der Waals surface area contributed by atoms with Crippen LogP contribution in [0, 0.1) is 5.92 Å². The molecule has 0 spiro atoms. The number of primary amides is 1. The number of hydrogen-bond acceptors (Lipinski definition) is 3. The van der Waals surface area contributed by atoms with Gasteiger partial charge < -0.3 is 16.0 Å². The summed E-state index contributed by atoms with van der Waals surface area (Å²) in [5, 5.41) is 4.51. The molecular formula is C20H27N5O. The topological polar surface area (TPSA) is 83.6 Å². The number of guanidine groups is 1. The first-order valence-electron chi connectivity index (χ1n) is 9.31. The number of amides is 1. The van der Waals surface area contributed by atoms with Gasteiger partial charge in [-0.2, -0.15) is 0 Å². The van der Waals surface area contributed by atoms with Gasteiger partial charge in [0.15, 0.2) is 5.96 Å². The molecule has 1 aromatic heterocycles. The van der Waals surface area contributed by atoms with Gasteiger partial charge in [0.1, 0.15) is 0 Å². The molecule has 6 nitrogen and oxygen atoms in total. The van der Waals surface area contributed by atoms with Crippen molar-refractivity contribution in [2.75, 3.05) is 19.6 Å². The summed E-state index contributed by atoms with van der Waals surface area (Å²) >= 11 is 0. The van der Waals surface area contributed by atoms with Crippen LogP contribution in [0.1, 0.15) is 31.7 Å². The van der Waals surface area contributed by atoms with Crippen LogP contribution in [0.2, 0.25) is 0 Å². The summed E-state index contributed by atoms with van der Waals surface area (Å²) in [5.74, 6) is 0.986. The molecule has 6 heteroatoms. The maximum absolute atomic E-state index is 11.3. The summed E-state index contributed by atoms with van der Waals surface area (Å²) < 4.78 is 0. The Hall–Kier alpha value is -2.63. The van der Waals surface area contributed by atoms with E-state index in [4.69, 9.17) is 10.7 Å². The van der Waals surface area contributed by atoms with Gasteiger partial charge in [0.05, 0.1) is 12.1 Å². The van der Waals surface area contributed by atoms with Gasteiger partial charge in [0.2, 0.25) is 5.91 Å². The van der Waals surface area contributed by atoms with E-state index in [-0.39, 0.29) is 5.91 Å². The number of fused-ring (bicyclic) bond motifs is 1. The summed E-state index contributed by atoms with van der Waals surface area (Å²) in [5.41, 5.74) is 7.50. The third kappa shape index (κ3) is 4.50. The second-order valence-corrected chi connectivity index (χ2v) is 6.79. The van der Waals surface area contributed by atoms with Crippen LogP contribution in [-0.2, 0) is 11.3 Å². The van der Waals surface area contributed by atoms with Crippen molar-refractivity contribution >= 4 is 22.8 Å². The first-order chi connectivity index (χ1) is 12.7. The average molecular weight is 353 g/mol. The zero-order valence-electron chi connectivity index (χ0n) is 15.3. The van der Waals surface area contributed by atoms with Gasteiger partial charge in [-0.1, -0.05) is 24.3 Å². The van der Waals surface area contributed by atoms with Gasteiger partial charge in [0.25, 0.3) is 0 Å². The summed E-state index contributed by atoms with van der Waals surface area (Å²) in [6, 6.07) is 10.2. The Morgan fingerprint density at radius 1 is 1.38 bits per heavy atom. The highest BCUT2D eigenvalue weighted by atomic mass is 16.1. The highest BCUT2D eigenvalue weighted by molar-refractivity contribution is 5.83. The second kappa shape index (κ2) is 8.65. The van der Waals surface area contributed by atoms with Crippen LogP contribution in [-0.4, -0.2) is 41.4 Å². The molecule has 1 aromatic carbocycles. The third-order valence-corrected chi connectivity index (χ3v) is 4.76. The Morgan fingerprint density at radius 2 is 2.23 bits per heavy atom. The van der Waals surface area contributed by atoms with Crippen LogP contribution >= 0.6 is 0 Å². The molecule has 138 valence electrons. The number of pyridine rings is 1. The molecule has 1 aliphatic heterocycles. The van der Waals surface area contributed by atoms with Crippen molar-refractivity contribution in [2.24, 2.45) is 16.6 Å². The average Bonchev–Trinajstić information content (AvgIpc) is 2.65. The van der Waals surface area contributed by atoms with Crippen molar-refractivity contribution < 1.29 is 4.79 Å². The fourth-order valence-corrected chi connectivity index (χ4v) is 3.59. The minimum Gasteiger partial charge on any atom is -0.370 e. The lowest BCUT2D eigenvalue weighted by molar-refractivity contribution is -0.119. The Labute approximate surface area is 154 Å². The first kappa shape index (κ1) is 18.2. The van der Waals surface area contributed by atoms with Crippen molar-refractivity contribution in [3.63, 3.8) is 0 Å². The number of nitrogens with two attached hydrogens (primary N) is 1. The SMILES string of the molecule is CCNC(=NCc1cccc2cccnc12)N1CCCC(CC(N)=O)C1. The lowest BCUT2D eigenvalue weighted by atomic mass is 9.95. The predicted molar refractivity (Wildman–Crippen MR) is 105 cm³/mol. The summed E-state index contributed by atoms with van der Waals surface area (Å²) in [7, 11) is 0. The van der Waals surface area contributed by atoms with Crippen LogP contribution in [0.25, 0.3) is 10.9 Å². The number of carbonyl (C=O) groups is 1. The van der Waals surface area contributed by atoms with E-state index in [1.807, 2.05) is 18.3 Å². The molecule has 1 fully saturated rings. The molecule has 1 aliphatic rings. The Balaban J connectivity index is 1.77. The molecule has 0 saturated carbocycles. The Morgan fingerprint density at radius 3 is 3.04 bits per heavy atom. The highest BCUT2D eigenvalue weighted by Crippen LogP contribution is 2.20. The molecule has 1 atom stereocenters. The van der Waals surface area contributed by atoms with Crippen LogP contribution in [0.15, 0.2) is 41.5 Å². The number of nitrogens with zero attached hydrogens (tertiary/aromatic N) is 3. The normalized spacial score (nSPS) is 18.1. The maximum Gasteiger partial charge on any atom is 0.217 e. The summed E-state index contributed by atoms with van der Waals surface area (Å²) in [4.78, 5) is 22.9. The largest absolute Gasteiger partial charge is 0.370 e. The summed E-state index contributed by atoms with van der Waals surface area (Å²) in [6.45, 7) is 5.23. The number of piperidine rings is 1. The monoisotopic (exact) mass is 353 g/mol. The van der Waals surface area contributed by atoms with Gasteiger partial charge in [-0.15, -0.1) is 0 Å². The molecule has 1 amide bonds. The van der Waals surface area contributed by atoms with E-state index in [0.717, 1.165) is 54.9 Å².